The van der Waals surface area contributed by atoms with Gasteiger partial charge >= 0.3 is 0 Å². The van der Waals surface area contributed by atoms with Gasteiger partial charge in [0.05, 0.1) is 0 Å². The quantitative estimate of drug-likeness (QED) is 0.764. The Labute approximate surface area is 125 Å². The average Bonchev–Trinajstić information content (AvgIpc) is 2.45. The van der Waals surface area contributed by atoms with Crippen molar-refractivity contribution < 1.29 is 5.11 Å². The smallest absolute Gasteiger partial charge is 0.112 e. The molecular formula is C19H19NO. The van der Waals surface area contributed by atoms with Gasteiger partial charge in [-0.05, 0) is 43.4 Å². The van der Waals surface area contributed by atoms with Crippen LogP contribution in [0.2, 0.25) is 0 Å². The molecule has 0 spiro atoms. The van der Waals surface area contributed by atoms with Crippen LogP contribution in [0, 0.1) is 13.8 Å². The van der Waals surface area contributed by atoms with Gasteiger partial charge in [0.1, 0.15) is 5.60 Å². The molecule has 1 N–H and O–H groups in total. The summed E-state index contributed by atoms with van der Waals surface area (Å²) in [4.78, 5) is 4.16. The van der Waals surface area contributed by atoms with E-state index in [4.69, 9.17) is 0 Å². The van der Waals surface area contributed by atoms with Crippen molar-refractivity contribution in [2.75, 3.05) is 0 Å². The van der Waals surface area contributed by atoms with Crippen molar-refractivity contribution in [3.8, 4) is 0 Å². The van der Waals surface area contributed by atoms with E-state index in [1.807, 2.05) is 49.5 Å². The van der Waals surface area contributed by atoms with Crippen molar-refractivity contribution >= 4 is 10.8 Å². The normalized spacial score (nSPS) is 14.1. The van der Waals surface area contributed by atoms with Crippen LogP contribution in [-0.2, 0) is 5.60 Å². The minimum Gasteiger partial charge on any atom is -0.381 e. The minimum absolute atomic E-state index is 0.910. The molecule has 0 radical (unpaired) electrons. The van der Waals surface area contributed by atoms with Crippen LogP contribution in [0.4, 0.5) is 0 Å². The number of hydrogen-bond donors (Lipinski definition) is 1. The van der Waals surface area contributed by atoms with Gasteiger partial charge in [-0.1, -0.05) is 47.5 Å². The zero-order valence-corrected chi connectivity index (χ0v) is 12.6. The number of pyridine rings is 1. The lowest BCUT2D eigenvalue weighted by Gasteiger charge is -2.27. The van der Waals surface area contributed by atoms with Gasteiger partial charge in [0.2, 0.25) is 0 Å². The second-order valence-electron chi connectivity index (χ2n) is 5.85. The largest absolute Gasteiger partial charge is 0.381 e. The predicted molar refractivity (Wildman–Crippen MR) is 86.3 cm³/mol. The van der Waals surface area contributed by atoms with Crippen molar-refractivity contribution in [2.45, 2.75) is 26.4 Å². The Morgan fingerprint density at radius 1 is 1.00 bits per heavy atom. The molecule has 0 bridgehead atoms. The fourth-order valence-corrected chi connectivity index (χ4v) is 2.96. The van der Waals surface area contributed by atoms with E-state index < -0.39 is 5.60 Å². The summed E-state index contributed by atoms with van der Waals surface area (Å²) in [7, 11) is 0. The average molecular weight is 277 g/mol. The van der Waals surface area contributed by atoms with E-state index in [2.05, 4.69) is 24.9 Å². The maximum absolute atomic E-state index is 11.2. The van der Waals surface area contributed by atoms with Gasteiger partial charge < -0.3 is 5.11 Å². The lowest BCUT2D eigenvalue weighted by molar-refractivity contribution is 0.104. The lowest BCUT2D eigenvalue weighted by atomic mass is 9.84. The lowest BCUT2D eigenvalue weighted by Crippen LogP contribution is -2.23. The van der Waals surface area contributed by atoms with Gasteiger partial charge in [0.25, 0.3) is 0 Å². The molecule has 1 atom stereocenters. The van der Waals surface area contributed by atoms with Crippen LogP contribution in [0.3, 0.4) is 0 Å². The van der Waals surface area contributed by atoms with Crippen molar-refractivity contribution in [1.29, 1.82) is 0 Å². The number of hydrogen-bond acceptors (Lipinski definition) is 2. The first kappa shape index (κ1) is 13.8. The second kappa shape index (κ2) is 4.97. The topological polar surface area (TPSA) is 33.1 Å². The van der Waals surface area contributed by atoms with Crippen molar-refractivity contribution in [3.63, 3.8) is 0 Å². The number of aliphatic hydroxyl groups is 1. The first-order valence-corrected chi connectivity index (χ1v) is 7.13. The highest BCUT2D eigenvalue weighted by Crippen LogP contribution is 2.34. The Morgan fingerprint density at radius 3 is 2.43 bits per heavy atom. The highest BCUT2D eigenvalue weighted by Gasteiger charge is 2.27. The monoisotopic (exact) mass is 277 g/mol. The molecule has 1 unspecified atom stereocenters. The van der Waals surface area contributed by atoms with E-state index in [1.165, 1.54) is 0 Å². The minimum atomic E-state index is -1.03. The summed E-state index contributed by atoms with van der Waals surface area (Å²) in [5, 5.41) is 13.3. The molecule has 2 nitrogen and oxygen atoms in total. The Kier molecular flexibility index (Phi) is 3.26. The fourth-order valence-electron chi connectivity index (χ4n) is 2.96. The molecule has 1 aromatic heterocycles. The van der Waals surface area contributed by atoms with Crippen molar-refractivity contribution in [1.82, 2.24) is 4.98 Å². The molecule has 2 aromatic carbocycles. The van der Waals surface area contributed by atoms with Gasteiger partial charge in [-0.15, -0.1) is 0 Å². The number of rotatable bonds is 2. The molecule has 0 aliphatic heterocycles. The summed E-state index contributed by atoms with van der Waals surface area (Å²) in [5.41, 5.74) is 3.12. The van der Waals surface area contributed by atoms with E-state index in [-0.39, 0.29) is 0 Å². The maximum atomic E-state index is 11.2. The first-order valence-electron chi connectivity index (χ1n) is 7.13. The van der Waals surface area contributed by atoms with Gasteiger partial charge in [-0.3, -0.25) is 4.98 Å². The SMILES string of the molecule is Cc1cc(C)cc(C(C)(O)c2cccc3cnccc23)c1. The van der Waals surface area contributed by atoms with Crippen molar-refractivity contribution in [3.05, 3.63) is 77.1 Å². The first-order chi connectivity index (χ1) is 9.98. The van der Waals surface area contributed by atoms with Gasteiger partial charge in [-0.25, -0.2) is 0 Å². The van der Waals surface area contributed by atoms with Crippen LogP contribution >= 0.6 is 0 Å². The number of nitrogens with zero attached hydrogens (tertiary/aromatic N) is 1. The molecule has 0 aliphatic carbocycles. The van der Waals surface area contributed by atoms with Gasteiger partial charge in [-0.2, -0.15) is 0 Å². The standard InChI is InChI=1S/C19H19NO/c1-13-9-14(2)11-16(10-13)19(3,21)18-6-4-5-15-12-20-8-7-17(15)18/h4-12,21H,1-3H3. The molecule has 0 saturated heterocycles. The molecular weight excluding hydrogens is 258 g/mol. The summed E-state index contributed by atoms with van der Waals surface area (Å²) in [6.07, 6.45) is 3.60. The summed E-state index contributed by atoms with van der Waals surface area (Å²) in [6.45, 7) is 5.97. The third-order valence-corrected chi connectivity index (χ3v) is 3.99. The second-order valence-corrected chi connectivity index (χ2v) is 5.85. The number of benzene rings is 2. The van der Waals surface area contributed by atoms with Crippen LogP contribution < -0.4 is 0 Å². The summed E-state index contributed by atoms with van der Waals surface area (Å²) < 4.78 is 0. The molecule has 0 aliphatic rings. The van der Waals surface area contributed by atoms with E-state index in [9.17, 15) is 5.11 Å². The van der Waals surface area contributed by atoms with Crippen LogP contribution in [0.1, 0.15) is 29.2 Å². The van der Waals surface area contributed by atoms with Crippen LogP contribution in [0.15, 0.2) is 54.9 Å². The summed E-state index contributed by atoms with van der Waals surface area (Å²) in [5.74, 6) is 0. The molecule has 21 heavy (non-hydrogen) atoms. The Morgan fingerprint density at radius 2 is 1.71 bits per heavy atom. The molecule has 0 fully saturated rings. The predicted octanol–water partition coefficient (Wildman–Crippen LogP) is 4.11. The summed E-state index contributed by atoms with van der Waals surface area (Å²) >= 11 is 0. The molecule has 2 heteroatoms. The molecule has 0 saturated carbocycles. The molecule has 0 amide bonds. The number of fused-ring (bicyclic) bond motifs is 1. The van der Waals surface area contributed by atoms with E-state index in [0.29, 0.717) is 0 Å². The van der Waals surface area contributed by atoms with Crippen LogP contribution in [-0.4, -0.2) is 10.1 Å². The molecule has 3 rings (SSSR count). The third-order valence-electron chi connectivity index (χ3n) is 3.99. The maximum Gasteiger partial charge on any atom is 0.112 e. The van der Waals surface area contributed by atoms with Crippen LogP contribution in [0.5, 0.6) is 0 Å². The zero-order chi connectivity index (χ0) is 15.0. The van der Waals surface area contributed by atoms with E-state index >= 15 is 0 Å². The zero-order valence-electron chi connectivity index (χ0n) is 12.6. The van der Waals surface area contributed by atoms with Gasteiger partial charge in [0, 0.05) is 17.8 Å². The molecule has 1 heterocycles. The third kappa shape index (κ3) is 2.43. The highest BCUT2D eigenvalue weighted by atomic mass is 16.3. The molecule has 3 aromatic rings. The van der Waals surface area contributed by atoms with E-state index in [0.717, 1.165) is 33.0 Å². The number of aromatic nitrogens is 1. The van der Waals surface area contributed by atoms with Gasteiger partial charge in [0.15, 0.2) is 0 Å². The van der Waals surface area contributed by atoms with E-state index in [1.54, 1.807) is 6.20 Å². The number of aryl methyl sites for hydroxylation is 2. The van der Waals surface area contributed by atoms with Crippen molar-refractivity contribution in [2.24, 2.45) is 0 Å². The Balaban J connectivity index is 2.24. The highest BCUT2D eigenvalue weighted by molar-refractivity contribution is 5.86. The Hall–Kier alpha value is -2.19. The molecule has 106 valence electrons. The summed E-state index contributed by atoms with van der Waals surface area (Å²) in [6, 6.07) is 14.1. The fraction of sp³-hybridized carbons (Fsp3) is 0.211. The van der Waals surface area contributed by atoms with Crippen LogP contribution in [0.25, 0.3) is 10.8 Å². The Bertz CT molecular complexity index is 780.